The Bertz CT molecular complexity index is 1370. The number of nitrogens with zero attached hydrogens (tertiary/aromatic N) is 2. The van der Waals surface area contributed by atoms with Gasteiger partial charge < -0.3 is 14.8 Å². The average Bonchev–Trinajstić information content (AvgIpc) is 3.17. The molecule has 5 rings (SSSR count). The second-order valence-corrected chi connectivity index (χ2v) is 8.64. The van der Waals surface area contributed by atoms with Crippen molar-refractivity contribution in [2.75, 3.05) is 12.4 Å². The van der Waals surface area contributed by atoms with Crippen molar-refractivity contribution in [1.29, 1.82) is 0 Å². The number of carbonyl (C=O) groups is 2. The van der Waals surface area contributed by atoms with E-state index in [9.17, 15) is 9.59 Å². The average molecular weight is 438 g/mol. The lowest BCUT2D eigenvalue weighted by Crippen LogP contribution is -2.44. The van der Waals surface area contributed by atoms with Crippen molar-refractivity contribution in [3.63, 3.8) is 0 Å². The Kier molecular flexibility index (Phi) is 5.25. The van der Waals surface area contributed by atoms with Crippen LogP contribution in [0.3, 0.4) is 0 Å². The minimum absolute atomic E-state index is 0.0680. The molecule has 1 N–H and O–H groups in total. The molecule has 2 atom stereocenters. The molecule has 3 aromatic carbocycles. The van der Waals surface area contributed by atoms with Crippen LogP contribution in [0.2, 0.25) is 0 Å². The molecular formula is C28H27N3O2. The summed E-state index contributed by atoms with van der Waals surface area (Å²) in [6, 6.07) is 23.1. The molecule has 5 heteroatoms. The molecule has 0 saturated carbocycles. The highest BCUT2D eigenvalue weighted by Gasteiger charge is 2.43. The molecule has 4 aromatic rings. The molecule has 1 aliphatic heterocycles. The summed E-state index contributed by atoms with van der Waals surface area (Å²) in [5, 5.41) is 4.23. The number of para-hydroxylation sites is 2. The summed E-state index contributed by atoms with van der Waals surface area (Å²) in [6.45, 7) is 2.08. The van der Waals surface area contributed by atoms with Crippen molar-refractivity contribution in [3.8, 4) is 0 Å². The van der Waals surface area contributed by atoms with Gasteiger partial charge in [-0.05, 0) is 35.7 Å². The number of nitrogens with one attached hydrogen (secondary N) is 1. The van der Waals surface area contributed by atoms with Crippen molar-refractivity contribution in [1.82, 2.24) is 9.47 Å². The third-order valence-corrected chi connectivity index (χ3v) is 6.76. The van der Waals surface area contributed by atoms with Gasteiger partial charge in [0, 0.05) is 48.0 Å². The topological polar surface area (TPSA) is 54.3 Å². The maximum absolute atomic E-state index is 13.9. The molecule has 1 aliphatic rings. The maximum Gasteiger partial charge on any atom is 0.254 e. The van der Waals surface area contributed by atoms with Gasteiger partial charge in [0.2, 0.25) is 5.91 Å². The third kappa shape index (κ3) is 3.41. The van der Waals surface area contributed by atoms with Crippen LogP contribution in [-0.2, 0) is 18.3 Å². The minimum Gasteiger partial charge on any atom is -0.350 e. The first-order valence-corrected chi connectivity index (χ1v) is 11.3. The van der Waals surface area contributed by atoms with Gasteiger partial charge in [-0.2, -0.15) is 0 Å². The fourth-order valence-corrected chi connectivity index (χ4v) is 5.12. The molecule has 33 heavy (non-hydrogen) atoms. The van der Waals surface area contributed by atoms with E-state index in [-0.39, 0.29) is 11.8 Å². The zero-order chi connectivity index (χ0) is 23.1. The van der Waals surface area contributed by atoms with Gasteiger partial charge in [-0.25, -0.2) is 0 Å². The van der Waals surface area contributed by atoms with Crippen LogP contribution in [-0.4, -0.2) is 28.3 Å². The fraction of sp³-hybridized carbons (Fsp3) is 0.214. The summed E-state index contributed by atoms with van der Waals surface area (Å²) in [7, 11) is 3.79. The van der Waals surface area contributed by atoms with Gasteiger partial charge >= 0.3 is 0 Å². The SMILES string of the molecule is CCc1ccccc1NC(=O)C1c2ccccc2C(=O)N(C)C1c1cn(C)c2ccccc12. The molecule has 0 aliphatic carbocycles. The molecule has 1 aromatic heterocycles. The number of hydrogen-bond donors (Lipinski definition) is 1. The van der Waals surface area contributed by atoms with E-state index in [0.717, 1.165) is 39.7 Å². The van der Waals surface area contributed by atoms with E-state index in [2.05, 4.69) is 28.9 Å². The lowest BCUT2D eigenvalue weighted by atomic mass is 9.79. The Balaban J connectivity index is 1.68. The number of fused-ring (bicyclic) bond motifs is 2. The highest BCUT2D eigenvalue weighted by molar-refractivity contribution is 6.05. The van der Waals surface area contributed by atoms with E-state index >= 15 is 0 Å². The predicted octanol–water partition coefficient (Wildman–Crippen LogP) is 5.29. The fourth-order valence-electron chi connectivity index (χ4n) is 5.12. The molecular weight excluding hydrogens is 410 g/mol. The number of carbonyl (C=O) groups excluding carboxylic acids is 2. The molecule has 0 bridgehead atoms. The van der Waals surface area contributed by atoms with E-state index in [4.69, 9.17) is 0 Å². The number of amides is 2. The van der Waals surface area contributed by atoms with Gasteiger partial charge in [0.05, 0.1) is 12.0 Å². The van der Waals surface area contributed by atoms with Gasteiger partial charge in [0.15, 0.2) is 0 Å². The molecule has 166 valence electrons. The number of likely N-dealkylation sites (N-methyl/N-ethyl adjacent to an activating group) is 1. The lowest BCUT2D eigenvalue weighted by Gasteiger charge is -2.39. The molecule has 5 nitrogen and oxygen atoms in total. The molecule has 0 saturated heterocycles. The second-order valence-electron chi connectivity index (χ2n) is 8.64. The van der Waals surface area contributed by atoms with Crippen molar-refractivity contribution in [2.45, 2.75) is 25.3 Å². The van der Waals surface area contributed by atoms with Crippen LogP contribution >= 0.6 is 0 Å². The van der Waals surface area contributed by atoms with E-state index in [1.165, 1.54) is 0 Å². The normalized spacial score (nSPS) is 17.8. The summed E-state index contributed by atoms with van der Waals surface area (Å²) in [5.41, 5.74) is 5.30. The summed E-state index contributed by atoms with van der Waals surface area (Å²) in [5.74, 6) is -0.721. The van der Waals surface area contributed by atoms with Crippen molar-refractivity contribution in [2.24, 2.45) is 7.05 Å². The smallest absolute Gasteiger partial charge is 0.254 e. The highest BCUT2D eigenvalue weighted by atomic mass is 16.2. The third-order valence-electron chi connectivity index (χ3n) is 6.76. The summed E-state index contributed by atoms with van der Waals surface area (Å²) in [4.78, 5) is 29.0. The van der Waals surface area contributed by atoms with Crippen LogP contribution < -0.4 is 5.32 Å². The van der Waals surface area contributed by atoms with Crippen LogP contribution in [0.25, 0.3) is 10.9 Å². The van der Waals surface area contributed by atoms with Gasteiger partial charge in [0.25, 0.3) is 5.91 Å². The van der Waals surface area contributed by atoms with Crippen LogP contribution in [0, 0.1) is 0 Å². The first-order valence-electron chi connectivity index (χ1n) is 11.3. The van der Waals surface area contributed by atoms with Gasteiger partial charge in [-0.1, -0.05) is 61.5 Å². The molecule has 0 fully saturated rings. The summed E-state index contributed by atoms with van der Waals surface area (Å²) in [6.07, 6.45) is 2.87. The number of aryl methyl sites for hydroxylation is 2. The standard InChI is InChI=1S/C28H27N3O2/c1-4-18-11-5-9-15-23(18)29-27(32)25-20-13-6-7-14-21(20)28(33)31(3)26(25)22-17-30(2)24-16-10-8-12-19(22)24/h5-17,25-26H,4H2,1-3H3,(H,29,32). The number of hydrogen-bond acceptors (Lipinski definition) is 2. The number of aromatic nitrogens is 1. The number of rotatable bonds is 4. The van der Waals surface area contributed by atoms with Crippen LogP contribution in [0.4, 0.5) is 5.69 Å². The molecule has 2 unspecified atom stereocenters. The second kappa shape index (κ2) is 8.24. The van der Waals surface area contributed by atoms with Crippen LogP contribution in [0.5, 0.6) is 0 Å². The van der Waals surface area contributed by atoms with Gasteiger partial charge in [-0.3, -0.25) is 9.59 Å². The van der Waals surface area contributed by atoms with E-state index in [0.29, 0.717) is 5.56 Å². The lowest BCUT2D eigenvalue weighted by molar-refractivity contribution is -0.119. The zero-order valence-corrected chi connectivity index (χ0v) is 19.1. The maximum atomic E-state index is 13.9. The van der Waals surface area contributed by atoms with Crippen LogP contribution in [0.15, 0.2) is 79.0 Å². The summed E-state index contributed by atoms with van der Waals surface area (Å²) < 4.78 is 2.06. The zero-order valence-electron chi connectivity index (χ0n) is 19.1. The van der Waals surface area contributed by atoms with Gasteiger partial charge in [-0.15, -0.1) is 0 Å². The van der Waals surface area contributed by atoms with Crippen molar-refractivity contribution in [3.05, 3.63) is 101 Å². The van der Waals surface area contributed by atoms with Crippen molar-refractivity contribution >= 4 is 28.4 Å². The van der Waals surface area contributed by atoms with Crippen LogP contribution in [0.1, 0.15) is 45.9 Å². The largest absolute Gasteiger partial charge is 0.350 e. The predicted molar refractivity (Wildman–Crippen MR) is 131 cm³/mol. The van der Waals surface area contributed by atoms with E-state index in [1.807, 2.05) is 73.9 Å². The molecule has 0 spiro atoms. The Morgan fingerprint density at radius 2 is 1.61 bits per heavy atom. The van der Waals surface area contributed by atoms with Crippen molar-refractivity contribution < 1.29 is 9.59 Å². The Hall–Kier alpha value is -3.86. The highest BCUT2D eigenvalue weighted by Crippen LogP contribution is 2.45. The van der Waals surface area contributed by atoms with Gasteiger partial charge in [0.1, 0.15) is 0 Å². The summed E-state index contributed by atoms with van der Waals surface area (Å²) >= 11 is 0. The Morgan fingerprint density at radius 3 is 2.42 bits per heavy atom. The van der Waals surface area contributed by atoms with E-state index in [1.54, 1.807) is 11.9 Å². The Labute approximate surface area is 193 Å². The number of benzene rings is 3. The van der Waals surface area contributed by atoms with E-state index < -0.39 is 12.0 Å². The molecule has 2 amide bonds. The molecule has 0 radical (unpaired) electrons. The quantitative estimate of drug-likeness (QED) is 0.472. The first kappa shape index (κ1) is 21.0. The Morgan fingerprint density at radius 1 is 0.909 bits per heavy atom. The molecule has 2 heterocycles. The first-order chi connectivity index (χ1) is 16.0. The minimum atomic E-state index is -0.542. The number of anilines is 1. The monoisotopic (exact) mass is 437 g/mol.